The summed E-state index contributed by atoms with van der Waals surface area (Å²) in [6.07, 6.45) is 7.08. The van der Waals surface area contributed by atoms with Gasteiger partial charge in [-0.25, -0.2) is 4.98 Å². The lowest BCUT2D eigenvalue weighted by Crippen LogP contribution is -2.61. The Morgan fingerprint density at radius 3 is 2.70 bits per heavy atom. The van der Waals surface area contributed by atoms with Gasteiger partial charge in [-0.05, 0) is 70.1 Å². The Kier molecular flexibility index (Phi) is 5.09. The Balaban J connectivity index is 1.33. The van der Waals surface area contributed by atoms with E-state index in [1.807, 2.05) is 13.8 Å². The standard InChI is InChI=1S/C22H32N4O4/c1-12(2)30-20-17(10-23-21(26-20)24-16-3-4-29-11-16)19(27)25-18-14-5-13-6-15(18)9-22(28,7-13)8-14/h10,12-16,18,28H,3-9,11H2,1-2H3,(H,25,27)(H,23,24,26)/t13?,14?,15?,16-,18-,22+/m0/s1. The maximum atomic E-state index is 13.2. The zero-order valence-corrected chi connectivity index (χ0v) is 17.8. The van der Waals surface area contributed by atoms with Crippen LogP contribution in [0.1, 0.15) is 62.7 Å². The smallest absolute Gasteiger partial charge is 0.258 e. The molecule has 8 heteroatoms. The fraction of sp³-hybridized carbons (Fsp3) is 0.773. The molecule has 8 nitrogen and oxygen atoms in total. The Hall–Kier alpha value is -1.93. The summed E-state index contributed by atoms with van der Waals surface area (Å²) < 4.78 is 11.3. The van der Waals surface area contributed by atoms with Crippen molar-refractivity contribution in [3.8, 4) is 5.88 Å². The summed E-state index contributed by atoms with van der Waals surface area (Å²) in [5, 5.41) is 17.3. The third kappa shape index (κ3) is 3.87. The minimum atomic E-state index is -0.510. The van der Waals surface area contributed by atoms with E-state index in [1.54, 1.807) is 6.20 Å². The second kappa shape index (κ2) is 7.64. The van der Waals surface area contributed by atoms with Crippen molar-refractivity contribution in [2.45, 2.75) is 76.2 Å². The minimum absolute atomic E-state index is 0.106. The van der Waals surface area contributed by atoms with Crippen LogP contribution in [0.15, 0.2) is 6.20 Å². The van der Waals surface area contributed by atoms with Gasteiger partial charge in [-0.2, -0.15) is 4.98 Å². The van der Waals surface area contributed by atoms with Gasteiger partial charge in [0.25, 0.3) is 5.91 Å². The number of rotatable bonds is 6. The number of carbonyl (C=O) groups excluding carboxylic acids is 1. The van der Waals surface area contributed by atoms with E-state index in [0.717, 1.165) is 45.1 Å². The van der Waals surface area contributed by atoms with Crippen molar-refractivity contribution in [3.63, 3.8) is 0 Å². The first-order valence-electron chi connectivity index (χ1n) is 11.3. The summed E-state index contributed by atoms with van der Waals surface area (Å²) in [6.45, 7) is 5.19. The molecule has 2 unspecified atom stereocenters. The number of anilines is 1. The molecule has 1 saturated heterocycles. The molecule has 164 valence electrons. The number of aliphatic hydroxyl groups is 1. The van der Waals surface area contributed by atoms with Crippen LogP contribution in [0.4, 0.5) is 5.95 Å². The summed E-state index contributed by atoms with van der Waals surface area (Å²) >= 11 is 0. The maximum absolute atomic E-state index is 13.2. The molecule has 5 fully saturated rings. The monoisotopic (exact) mass is 416 g/mol. The molecule has 1 aromatic rings. The summed E-state index contributed by atoms with van der Waals surface area (Å²) in [6, 6.07) is 0.282. The topological polar surface area (TPSA) is 106 Å². The zero-order chi connectivity index (χ0) is 20.9. The first kappa shape index (κ1) is 20.0. The van der Waals surface area contributed by atoms with Crippen molar-refractivity contribution in [1.82, 2.24) is 15.3 Å². The van der Waals surface area contributed by atoms with Gasteiger partial charge in [0.15, 0.2) is 0 Å². The normalized spacial score (nSPS) is 36.9. The summed E-state index contributed by atoms with van der Waals surface area (Å²) in [5.41, 5.74) is -0.145. The second-order valence-corrected chi connectivity index (χ2v) is 9.98. The maximum Gasteiger partial charge on any atom is 0.258 e. The van der Waals surface area contributed by atoms with Crippen LogP contribution in [0.2, 0.25) is 0 Å². The van der Waals surface area contributed by atoms with Crippen molar-refractivity contribution in [1.29, 1.82) is 0 Å². The van der Waals surface area contributed by atoms with Gasteiger partial charge >= 0.3 is 0 Å². The predicted molar refractivity (Wildman–Crippen MR) is 110 cm³/mol. The van der Waals surface area contributed by atoms with Gasteiger partial charge in [0, 0.05) is 18.8 Å². The average Bonchev–Trinajstić information content (AvgIpc) is 3.16. The largest absolute Gasteiger partial charge is 0.474 e. The van der Waals surface area contributed by atoms with Gasteiger partial charge in [-0.1, -0.05) is 0 Å². The van der Waals surface area contributed by atoms with Crippen LogP contribution >= 0.6 is 0 Å². The van der Waals surface area contributed by atoms with E-state index in [4.69, 9.17) is 9.47 Å². The molecule has 2 heterocycles. The van der Waals surface area contributed by atoms with Crippen molar-refractivity contribution >= 4 is 11.9 Å². The van der Waals surface area contributed by atoms with E-state index in [2.05, 4.69) is 20.6 Å². The molecule has 0 spiro atoms. The van der Waals surface area contributed by atoms with E-state index in [1.165, 1.54) is 0 Å². The highest BCUT2D eigenvalue weighted by Gasteiger charge is 2.55. The van der Waals surface area contributed by atoms with E-state index in [0.29, 0.717) is 41.8 Å². The first-order chi connectivity index (χ1) is 14.4. The van der Waals surface area contributed by atoms with Crippen LogP contribution in [-0.2, 0) is 4.74 Å². The Morgan fingerprint density at radius 2 is 2.07 bits per heavy atom. The average molecular weight is 417 g/mol. The molecule has 4 bridgehead atoms. The number of aromatic nitrogens is 2. The molecule has 6 rings (SSSR count). The van der Waals surface area contributed by atoms with E-state index < -0.39 is 5.60 Å². The molecule has 3 N–H and O–H groups in total. The summed E-state index contributed by atoms with van der Waals surface area (Å²) in [5.74, 6) is 1.88. The molecular weight excluding hydrogens is 384 g/mol. The van der Waals surface area contributed by atoms with Gasteiger partial charge in [-0.15, -0.1) is 0 Å². The fourth-order valence-electron chi connectivity index (χ4n) is 6.18. The molecule has 30 heavy (non-hydrogen) atoms. The second-order valence-electron chi connectivity index (χ2n) is 9.98. The van der Waals surface area contributed by atoms with Gasteiger partial charge in [0.2, 0.25) is 11.8 Å². The van der Waals surface area contributed by atoms with Crippen LogP contribution in [0, 0.1) is 17.8 Å². The molecule has 1 amide bonds. The Morgan fingerprint density at radius 1 is 1.30 bits per heavy atom. The molecule has 1 aromatic heterocycles. The first-order valence-corrected chi connectivity index (χ1v) is 11.3. The molecule has 0 aromatic carbocycles. The molecule has 1 aliphatic heterocycles. The lowest BCUT2D eigenvalue weighted by atomic mass is 9.52. The number of carbonyl (C=O) groups is 1. The highest BCUT2D eigenvalue weighted by molar-refractivity contribution is 5.96. The number of amides is 1. The lowest BCUT2D eigenvalue weighted by molar-refractivity contribution is -0.136. The SMILES string of the molecule is CC(C)Oc1nc(N[C@H]2CCOC2)ncc1C(=O)N[C@H]1C2CC3CC1C[C@@](O)(C3)C2. The number of hydrogen-bond acceptors (Lipinski definition) is 7. The Labute approximate surface area is 177 Å². The third-order valence-electron chi connectivity index (χ3n) is 7.15. The molecule has 3 atom stereocenters. The minimum Gasteiger partial charge on any atom is -0.474 e. The van der Waals surface area contributed by atoms with E-state index in [-0.39, 0.29) is 24.1 Å². The number of ether oxygens (including phenoxy) is 2. The van der Waals surface area contributed by atoms with Crippen molar-refractivity contribution in [2.75, 3.05) is 18.5 Å². The fourth-order valence-corrected chi connectivity index (χ4v) is 6.18. The van der Waals surface area contributed by atoms with Crippen LogP contribution in [-0.4, -0.2) is 58.0 Å². The molecule has 4 saturated carbocycles. The number of hydrogen-bond donors (Lipinski definition) is 3. The summed E-state index contributed by atoms with van der Waals surface area (Å²) in [4.78, 5) is 22.1. The van der Waals surface area contributed by atoms with Gasteiger partial charge < -0.3 is 25.2 Å². The zero-order valence-electron chi connectivity index (χ0n) is 17.8. The van der Waals surface area contributed by atoms with Crippen LogP contribution in [0.5, 0.6) is 5.88 Å². The van der Waals surface area contributed by atoms with Gasteiger partial charge in [0.1, 0.15) is 5.56 Å². The van der Waals surface area contributed by atoms with E-state index in [9.17, 15) is 9.90 Å². The van der Waals surface area contributed by atoms with Crippen LogP contribution in [0.3, 0.4) is 0 Å². The highest BCUT2D eigenvalue weighted by atomic mass is 16.5. The van der Waals surface area contributed by atoms with Gasteiger partial charge in [-0.3, -0.25) is 4.79 Å². The molecule has 0 radical (unpaired) electrons. The third-order valence-corrected chi connectivity index (χ3v) is 7.15. The quantitative estimate of drug-likeness (QED) is 0.652. The van der Waals surface area contributed by atoms with E-state index >= 15 is 0 Å². The lowest BCUT2D eigenvalue weighted by Gasteiger charge is -2.58. The van der Waals surface area contributed by atoms with Crippen molar-refractivity contribution in [2.24, 2.45) is 17.8 Å². The Bertz CT molecular complexity index is 794. The molecule has 5 aliphatic rings. The summed E-state index contributed by atoms with van der Waals surface area (Å²) in [7, 11) is 0. The van der Waals surface area contributed by atoms with Crippen molar-refractivity contribution in [3.05, 3.63) is 11.8 Å². The molecule has 4 aliphatic carbocycles. The molecular formula is C22H32N4O4. The highest BCUT2D eigenvalue weighted by Crippen LogP contribution is 2.55. The van der Waals surface area contributed by atoms with Crippen LogP contribution in [0.25, 0.3) is 0 Å². The van der Waals surface area contributed by atoms with Crippen LogP contribution < -0.4 is 15.4 Å². The number of nitrogens with zero attached hydrogens (tertiary/aromatic N) is 2. The van der Waals surface area contributed by atoms with Gasteiger partial charge in [0.05, 0.1) is 24.4 Å². The number of nitrogens with one attached hydrogen (secondary N) is 2. The predicted octanol–water partition coefficient (Wildman–Crippen LogP) is 2.13. The van der Waals surface area contributed by atoms with Crippen molar-refractivity contribution < 1.29 is 19.4 Å².